The zero-order valence-electron chi connectivity index (χ0n) is 10.0. The van der Waals surface area contributed by atoms with Gasteiger partial charge in [0.15, 0.2) is 0 Å². The molecule has 0 aromatic rings. The van der Waals surface area contributed by atoms with Crippen LogP contribution in [0.5, 0.6) is 0 Å². The Hall–Kier alpha value is -0.930. The summed E-state index contributed by atoms with van der Waals surface area (Å²) in [6, 6.07) is 0.116. The molecule has 0 aliphatic carbocycles. The van der Waals surface area contributed by atoms with Gasteiger partial charge in [0, 0.05) is 6.54 Å². The van der Waals surface area contributed by atoms with Gasteiger partial charge in [0.05, 0.1) is 17.7 Å². The van der Waals surface area contributed by atoms with Crippen LogP contribution in [-0.4, -0.2) is 40.9 Å². The fourth-order valence-electron chi connectivity index (χ4n) is 1.73. The molecule has 0 radical (unpaired) electrons. The first kappa shape index (κ1) is 13.1. The lowest BCUT2D eigenvalue weighted by molar-refractivity contribution is 0.0233. The van der Waals surface area contributed by atoms with Crippen molar-refractivity contribution in [3.05, 3.63) is 0 Å². The highest BCUT2D eigenvalue weighted by molar-refractivity contribution is 7.78. The first-order valence-corrected chi connectivity index (χ1v) is 5.88. The number of ether oxygens (including phenoxy) is 1. The van der Waals surface area contributed by atoms with Crippen LogP contribution in [0.25, 0.3) is 0 Å². The van der Waals surface area contributed by atoms with Crippen LogP contribution < -0.4 is 0 Å². The Kier molecular flexibility index (Phi) is 4.44. The van der Waals surface area contributed by atoms with E-state index >= 15 is 0 Å². The lowest BCUT2D eigenvalue weighted by Crippen LogP contribution is -2.41. The molecule has 1 heterocycles. The molecule has 1 amide bonds. The number of hydrogen-bond acceptors (Lipinski definition) is 4. The van der Waals surface area contributed by atoms with E-state index in [1.165, 1.54) is 0 Å². The summed E-state index contributed by atoms with van der Waals surface area (Å²) < 4.78 is 5.33. The lowest BCUT2D eigenvalue weighted by atomic mass is 10.2. The molecule has 1 aliphatic rings. The molecule has 90 valence electrons. The van der Waals surface area contributed by atoms with Crippen LogP contribution in [0.4, 0.5) is 4.79 Å². The van der Waals surface area contributed by atoms with E-state index < -0.39 is 5.60 Å². The van der Waals surface area contributed by atoms with Crippen LogP contribution in [0, 0.1) is 0 Å². The first-order chi connectivity index (χ1) is 7.44. The summed E-state index contributed by atoms with van der Waals surface area (Å²) in [4.78, 5) is 17.5. The highest BCUT2D eigenvalue weighted by Crippen LogP contribution is 2.20. The van der Waals surface area contributed by atoms with Crippen LogP contribution in [0.1, 0.15) is 33.6 Å². The van der Waals surface area contributed by atoms with Crippen molar-refractivity contribution >= 4 is 23.5 Å². The Balaban J connectivity index is 2.57. The van der Waals surface area contributed by atoms with E-state index in [4.69, 9.17) is 4.74 Å². The van der Waals surface area contributed by atoms with E-state index in [2.05, 4.69) is 22.4 Å². The fourth-order valence-corrected chi connectivity index (χ4v) is 1.80. The van der Waals surface area contributed by atoms with Gasteiger partial charge in [-0.25, -0.2) is 9.79 Å². The third-order valence-electron chi connectivity index (χ3n) is 2.37. The predicted octanol–water partition coefficient (Wildman–Crippen LogP) is 2.49. The molecule has 1 saturated heterocycles. The fraction of sp³-hybridized carbons (Fsp3) is 0.818. The molecular weight excluding hydrogens is 224 g/mol. The molecule has 1 fully saturated rings. The molecule has 0 saturated carbocycles. The third-order valence-corrected chi connectivity index (χ3v) is 2.50. The van der Waals surface area contributed by atoms with Crippen molar-refractivity contribution in [1.29, 1.82) is 0 Å². The number of rotatable bonds is 2. The Bertz CT molecular complexity index is 306. The first-order valence-electron chi connectivity index (χ1n) is 5.47. The van der Waals surface area contributed by atoms with Crippen molar-refractivity contribution in [1.82, 2.24) is 4.90 Å². The molecule has 1 aliphatic heterocycles. The van der Waals surface area contributed by atoms with E-state index in [0.29, 0.717) is 6.54 Å². The second kappa shape index (κ2) is 5.41. The van der Waals surface area contributed by atoms with E-state index in [1.807, 2.05) is 20.8 Å². The highest BCUT2D eigenvalue weighted by Gasteiger charge is 2.31. The largest absolute Gasteiger partial charge is 0.444 e. The van der Waals surface area contributed by atoms with Crippen molar-refractivity contribution in [2.75, 3.05) is 13.1 Å². The number of isothiocyanates is 1. The average Bonchev–Trinajstić information content (AvgIpc) is 2.59. The summed E-state index contributed by atoms with van der Waals surface area (Å²) >= 11 is 4.53. The van der Waals surface area contributed by atoms with E-state index in [-0.39, 0.29) is 12.1 Å². The lowest BCUT2D eigenvalue weighted by Gasteiger charge is -2.27. The molecule has 0 aromatic carbocycles. The van der Waals surface area contributed by atoms with Crippen molar-refractivity contribution in [2.45, 2.75) is 45.3 Å². The Labute approximate surface area is 102 Å². The monoisotopic (exact) mass is 242 g/mol. The van der Waals surface area contributed by atoms with Gasteiger partial charge in [-0.05, 0) is 45.8 Å². The number of aliphatic imine (C=N–C) groups is 1. The summed E-state index contributed by atoms with van der Waals surface area (Å²) in [6.45, 7) is 6.87. The molecule has 1 atom stereocenters. The summed E-state index contributed by atoms with van der Waals surface area (Å²) in [6.07, 6.45) is 1.70. The van der Waals surface area contributed by atoms with Gasteiger partial charge < -0.3 is 9.64 Å². The number of nitrogens with zero attached hydrogens (tertiary/aromatic N) is 2. The molecule has 16 heavy (non-hydrogen) atoms. The number of carbonyl (C=O) groups excluding carboxylic acids is 1. The third kappa shape index (κ3) is 3.91. The van der Waals surface area contributed by atoms with E-state index in [9.17, 15) is 4.79 Å². The normalized spacial score (nSPS) is 20.4. The number of thiocarbonyl (C=S) groups is 1. The summed E-state index contributed by atoms with van der Waals surface area (Å²) in [5.41, 5.74) is -0.447. The quantitative estimate of drug-likeness (QED) is 0.552. The number of likely N-dealkylation sites (tertiary alicyclic amines) is 1. The summed E-state index contributed by atoms with van der Waals surface area (Å²) in [5.74, 6) is 0. The van der Waals surface area contributed by atoms with Crippen LogP contribution in [-0.2, 0) is 4.74 Å². The molecule has 0 unspecified atom stereocenters. The number of hydrogen-bond donors (Lipinski definition) is 0. The van der Waals surface area contributed by atoms with Crippen LogP contribution in [0.2, 0.25) is 0 Å². The molecule has 4 nitrogen and oxygen atoms in total. The average molecular weight is 242 g/mol. The van der Waals surface area contributed by atoms with Crippen molar-refractivity contribution in [3.63, 3.8) is 0 Å². The molecule has 0 bridgehead atoms. The van der Waals surface area contributed by atoms with Gasteiger partial charge in [0.25, 0.3) is 0 Å². The van der Waals surface area contributed by atoms with Crippen LogP contribution in [0.15, 0.2) is 4.99 Å². The second-order valence-corrected chi connectivity index (χ2v) is 5.08. The van der Waals surface area contributed by atoms with Gasteiger partial charge in [-0.1, -0.05) is 0 Å². The maximum atomic E-state index is 11.9. The zero-order valence-corrected chi connectivity index (χ0v) is 10.8. The SMILES string of the molecule is CC(C)(C)OC(=O)N1CCC[C@H]1CN=C=S. The predicted molar refractivity (Wildman–Crippen MR) is 65.9 cm³/mol. The maximum Gasteiger partial charge on any atom is 0.410 e. The van der Waals surface area contributed by atoms with Crippen molar-refractivity contribution in [3.8, 4) is 0 Å². The minimum absolute atomic E-state index is 0.116. The van der Waals surface area contributed by atoms with Crippen molar-refractivity contribution < 1.29 is 9.53 Å². The van der Waals surface area contributed by atoms with Gasteiger partial charge in [-0.3, -0.25) is 0 Å². The number of amides is 1. The minimum atomic E-state index is -0.447. The smallest absolute Gasteiger partial charge is 0.410 e. The van der Waals surface area contributed by atoms with Crippen molar-refractivity contribution in [2.24, 2.45) is 4.99 Å². The van der Waals surface area contributed by atoms with Gasteiger partial charge in [-0.15, -0.1) is 0 Å². The minimum Gasteiger partial charge on any atom is -0.444 e. The standard InChI is InChI=1S/C11H18N2O2S/c1-11(2,3)15-10(14)13-6-4-5-9(13)7-12-8-16/h9H,4-7H2,1-3H3/t9-/m0/s1. The van der Waals surface area contributed by atoms with Gasteiger partial charge in [0.2, 0.25) is 0 Å². The second-order valence-electron chi connectivity index (χ2n) is 4.90. The van der Waals surface area contributed by atoms with E-state index in [1.54, 1.807) is 4.90 Å². The van der Waals surface area contributed by atoms with Gasteiger partial charge in [0.1, 0.15) is 5.60 Å². The van der Waals surface area contributed by atoms with Crippen LogP contribution >= 0.6 is 12.2 Å². The molecule has 0 aromatic heterocycles. The highest BCUT2D eigenvalue weighted by atomic mass is 32.1. The Morgan fingerprint density at radius 3 is 2.88 bits per heavy atom. The zero-order chi connectivity index (χ0) is 12.2. The maximum absolute atomic E-state index is 11.9. The topological polar surface area (TPSA) is 41.9 Å². The van der Waals surface area contributed by atoms with E-state index in [0.717, 1.165) is 19.4 Å². The number of carbonyl (C=O) groups is 1. The Morgan fingerprint density at radius 1 is 1.62 bits per heavy atom. The molecule has 5 heteroatoms. The summed E-state index contributed by atoms with van der Waals surface area (Å²) in [7, 11) is 0. The van der Waals surface area contributed by atoms with Crippen LogP contribution in [0.3, 0.4) is 0 Å². The summed E-state index contributed by atoms with van der Waals surface area (Å²) in [5, 5.41) is 2.33. The molecule has 0 N–H and O–H groups in total. The van der Waals surface area contributed by atoms with Gasteiger partial charge in [-0.2, -0.15) is 0 Å². The molecule has 1 rings (SSSR count). The molecule has 0 spiro atoms. The van der Waals surface area contributed by atoms with Gasteiger partial charge >= 0.3 is 6.09 Å². The Morgan fingerprint density at radius 2 is 2.31 bits per heavy atom. The molecular formula is C11H18N2O2S.